The highest BCUT2D eigenvalue weighted by Crippen LogP contribution is 2.23. The Labute approximate surface area is 140 Å². The van der Waals surface area contributed by atoms with Gasteiger partial charge in [0.1, 0.15) is 0 Å². The average Bonchev–Trinajstić information content (AvgIpc) is 2.92. The van der Waals surface area contributed by atoms with E-state index in [1.807, 2.05) is 50.4 Å². The molecular weight excluding hydrogens is 310 g/mol. The van der Waals surface area contributed by atoms with Crippen molar-refractivity contribution in [1.29, 1.82) is 0 Å². The van der Waals surface area contributed by atoms with Gasteiger partial charge in [0, 0.05) is 23.2 Å². The van der Waals surface area contributed by atoms with Crippen molar-refractivity contribution in [2.24, 2.45) is 5.92 Å². The van der Waals surface area contributed by atoms with E-state index in [-0.39, 0.29) is 18.5 Å². The summed E-state index contributed by atoms with van der Waals surface area (Å²) in [5, 5.41) is 18.6. The van der Waals surface area contributed by atoms with Gasteiger partial charge >= 0.3 is 6.03 Å². The van der Waals surface area contributed by atoms with E-state index in [9.17, 15) is 9.90 Å². The lowest BCUT2D eigenvalue weighted by atomic mass is 9.93. The number of carbonyl (C=O) groups excluding carboxylic acids is 1. The summed E-state index contributed by atoms with van der Waals surface area (Å²) < 4.78 is 0. The Morgan fingerprint density at radius 2 is 2.00 bits per heavy atom. The molecule has 0 bridgehead atoms. The molecule has 0 fully saturated rings. The van der Waals surface area contributed by atoms with Crippen molar-refractivity contribution in [2.45, 2.75) is 33.3 Å². The number of hydrogen-bond donors (Lipinski definition) is 3. The molecule has 2 amide bonds. The van der Waals surface area contributed by atoms with Crippen molar-refractivity contribution in [3.8, 4) is 11.3 Å². The van der Waals surface area contributed by atoms with Gasteiger partial charge in [-0.3, -0.25) is 0 Å². The number of amides is 2. The minimum atomic E-state index is -0.927. The van der Waals surface area contributed by atoms with Crippen LogP contribution in [0.5, 0.6) is 0 Å². The number of aryl methyl sites for hydroxylation is 1. The van der Waals surface area contributed by atoms with Crippen LogP contribution >= 0.6 is 11.3 Å². The Bertz CT molecular complexity index is 663. The molecular formula is C17H23N3O2S. The van der Waals surface area contributed by atoms with E-state index in [1.165, 1.54) is 0 Å². The number of carbonyl (C=O) groups is 1. The van der Waals surface area contributed by atoms with Crippen LogP contribution < -0.4 is 10.6 Å². The molecule has 2 aromatic rings. The number of nitrogens with one attached hydrogen (secondary N) is 2. The minimum absolute atomic E-state index is 0.0589. The molecule has 0 aliphatic carbocycles. The molecule has 0 spiro atoms. The number of rotatable bonds is 5. The van der Waals surface area contributed by atoms with Crippen molar-refractivity contribution >= 4 is 23.1 Å². The predicted octanol–water partition coefficient (Wildman–Crippen LogP) is 3.65. The third kappa shape index (κ3) is 4.77. The Kier molecular flexibility index (Phi) is 5.38. The summed E-state index contributed by atoms with van der Waals surface area (Å²) >= 11 is 1.61. The van der Waals surface area contributed by atoms with Crippen LogP contribution in [-0.4, -0.2) is 28.3 Å². The van der Waals surface area contributed by atoms with Crippen molar-refractivity contribution in [1.82, 2.24) is 10.3 Å². The van der Waals surface area contributed by atoms with E-state index in [0.717, 1.165) is 16.3 Å². The quantitative estimate of drug-likeness (QED) is 0.782. The first-order valence-corrected chi connectivity index (χ1v) is 8.45. The maximum atomic E-state index is 11.9. The van der Waals surface area contributed by atoms with Crippen LogP contribution in [0.2, 0.25) is 0 Å². The summed E-state index contributed by atoms with van der Waals surface area (Å²) in [6, 6.07) is 7.19. The smallest absolute Gasteiger partial charge is 0.319 e. The Balaban J connectivity index is 1.92. The molecule has 6 heteroatoms. The molecule has 124 valence electrons. The highest BCUT2D eigenvalue weighted by molar-refractivity contribution is 7.09. The van der Waals surface area contributed by atoms with Crippen LogP contribution in [0.15, 0.2) is 29.6 Å². The molecule has 0 saturated heterocycles. The molecule has 0 radical (unpaired) electrons. The Morgan fingerprint density at radius 3 is 2.52 bits per heavy atom. The molecule has 0 aliphatic rings. The van der Waals surface area contributed by atoms with Crippen molar-refractivity contribution in [2.75, 3.05) is 11.9 Å². The second-order valence-corrected chi connectivity index (χ2v) is 7.21. The normalized spacial score (nSPS) is 13.7. The first-order chi connectivity index (χ1) is 10.8. The van der Waals surface area contributed by atoms with E-state index in [2.05, 4.69) is 15.6 Å². The van der Waals surface area contributed by atoms with Crippen LogP contribution in [0.1, 0.15) is 25.8 Å². The van der Waals surface area contributed by atoms with Gasteiger partial charge in [-0.25, -0.2) is 9.78 Å². The fraction of sp³-hybridized carbons (Fsp3) is 0.412. The van der Waals surface area contributed by atoms with Gasteiger partial charge in [0.15, 0.2) is 0 Å². The van der Waals surface area contributed by atoms with Gasteiger partial charge in [-0.15, -0.1) is 11.3 Å². The molecule has 1 unspecified atom stereocenters. The SMILES string of the molecule is Cc1nc(-c2ccc(NC(=O)NCC(C)(O)C(C)C)cc2)cs1. The molecule has 1 aromatic carbocycles. The van der Waals surface area contributed by atoms with Gasteiger partial charge in [0.25, 0.3) is 0 Å². The molecule has 5 nitrogen and oxygen atoms in total. The standard InChI is InChI=1S/C17H23N3O2S/c1-11(2)17(4,22)10-18-16(21)20-14-7-5-13(6-8-14)15-9-23-12(3)19-15/h5-9,11,22H,10H2,1-4H3,(H2,18,20,21). The second-order valence-electron chi connectivity index (χ2n) is 6.15. The zero-order valence-electron chi connectivity index (χ0n) is 13.9. The lowest BCUT2D eigenvalue weighted by Crippen LogP contribution is -2.45. The monoisotopic (exact) mass is 333 g/mol. The molecule has 1 atom stereocenters. The second kappa shape index (κ2) is 7.10. The third-order valence-electron chi connectivity index (χ3n) is 3.91. The van der Waals surface area contributed by atoms with Crippen LogP contribution in [0, 0.1) is 12.8 Å². The topological polar surface area (TPSA) is 74.2 Å². The summed E-state index contributed by atoms with van der Waals surface area (Å²) in [6.45, 7) is 7.72. The summed E-state index contributed by atoms with van der Waals surface area (Å²) in [4.78, 5) is 16.3. The van der Waals surface area contributed by atoms with Gasteiger partial charge in [0.05, 0.1) is 16.3 Å². The van der Waals surface area contributed by atoms with E-state index in [0.29, 0.717) is 5.69 Å². The lowest BCUT2D eigenvalue weighted by molar-refractivity contribution is 0.0170. The lowest BCUT2D eigenvalue weighted by Gasteiger charge is -2.27. The first-order valence-electron chi connectivity index (χ1n) is 7.58. The van der Waals surface area contributed by atoms with Crippen molar-refractivity contribution in [3.63, 3.8) is 0 Å². The largest absolute Gasteiger partial charge is 0.388 e. The minimum Gasteiger partial charge on any atom is -0.388 e. The van der Waals surface area contributed by atoms with Crippen molar-refractivity contribution < 1.29 is 9.90 Å². The summed E-state index contributed by atoms with van der Waals surface area (Å²) in [7, 11) is 0. The fourth-order valence-corrected chi connectivity index (χ4v) is 2.48. The summed E-state index contributed by atoms with van der Waals surface area (Å²) in [5.74, 6) is 0.0589. The maximum Gasteiger partial charge on any atom is 0.319 e. The molecule has 0 aliphatic heterocycles. The Morgan fingerprint density at radius 1 is 1.35 bits per heavy atom. The molecule has 0 saturated carbocycles. The molecule has 3 N–H and O–H groups in total. The highest BCUT2D eigenvalue weighted by Gasteiger charge is 2.25. The first kappa shape index (κ1) is 17.4. The third-order valence-corrected chi connectivity index (χ3v) is 4.68. The van der Waals surface area contributed by atoms with E-state index >= 15 is 0 Å². The number of nitrogens with zero attached hydrogens (tertiary/aromatic N) is 1. The van der Waals surface area contributed by atoms with Crippen LogP contribution in [0.25, 0.3) is 11.3 Å². The van der Waals surface area contributed by atoms with E-state index in [4.69, 9.17) is 0 Å². The van der Waals surface area contributed by atoms with E-state index in [1.54, 1.807) is 18.3 Å². The molecule has 23 heavy (non-hydrogen) atoms. The van der Waals surface area contributed by atoms with Gasteiger partial charge in [-0.05, 0) is 31.9 Å². The van der Waals surface area contributed by atoms with Gasteiger partial charge < -0.3 is 15.7 Å². The fourth-order valence-electron chi connectivity index (χ4n) is 1.86. The van der Waals surface area contributed by atoms with Crippen LogP contribution in [0.3, 0.4) is 0 Å². The molecule has 1 aromatic heterocycles. The van der Waals surface area contributed by atoms with Gasteiger partial charge in [0.2, 0.25) is 0 Å². The predicted molar refractivity (Wildman–Crippen MR) is 94.8 cm³/mol. The van der Waals surface area contributed by atoms with Crippen molar-refractivity contribution in [3.05, 3.63) is 34.7 Å². The molecule has 1 heterocycles. The number of aliphatic hydroxyl groups is 1. The number of thiazole rings is 1. The van der Waals surface area contributed by atoms with Gasteiger partial charge in [-0.1, -0.05) is 26.0 Å². The summed E-state index contributed by atoms with van der Waals surface area (Å²) in [5.41, 5.74) is 1.73. The zero-order valence-corrected chi connectivity index (χ0v) is 14.7. The Hall–Kier alpha value is -1.92. The van der Waals surface area contributed by atoms with Crippen LogP contribution in [0.4, 0.5) is 10.5 Å². The number of benzene rings is 1. The van der Waals surface area contributed by atoms with E-state index < -0.39 is 5.60 Å². The number of hydrogen-bond acceptors (Lipinski definition) is 4. The van der Waals surface area contributed by atoms with Gasteiger partial charge in [-0.2, -0.15) is 0 Å². The highest BCUT2D eigenvalue weighted by atomic mass is 32.1. The maximum absolute atomic E-state index is 11.9. The number of urea groups is 1. The number of aromatic nitrogens is 1. The summed E-state index contributed by atoms with van der Waals surface area (Å²) in [6.07, 6.45) is 0. The zero-order chi connectivity index (χ0) is 17.0. The van der Waals surface area contributed by atoms with Crippen LogP contribution in [-0.2, 0) is 0 Å². The average molecular weight is 333 g/mol. The molecule has 2 rings (SSSR count). The number of anilines is 1.